The summed E-state index contributed by atoms with van der Waals surface area (Å²) in [4.78, 5) is 43.2. The van der Waals surface area contributed by atoms with Crippen LogP contribution in [0.5, 0.6) is 0 Å². The molecule has 0 aliphatic carbocycles. The summed E-state index contributed by atoms with van der Waals surface area (Å²) in [5.74, 6) is 0.904. The lowest BCUT2D eigenvalue weighted by molar-refractivity contribution is 0.561. The summed E-state index contributed by atoms with van der Waals surface area (Å²) in [6, 6.07) is 21.5. The van der Waals surface area contributed by atoms with E-state index < -0.39 is 6.04 Å². The van der Waals surface area contributed by atoms with E-state index in [0.29, 0.717) is 55.5 Å². The summed E-state index contributed by atoms with van der Waals surface area (Å²) in [7, 11) is 0. The molecule has 0 saturated heterocycles. The Balaban J connectivity index is 1.48. The first-order valence-electron chi connectivity index (χ1n) is 13.3. The van der Waals surface area contributed by atoms with E-state index in [0.717, 1.165) is 16.6 Å². The van der Waals surface area contributed by atoms with E-state index in [1.807, 2.05) is 73.7 Å². The van der Waals surface area contributed by atoms with E-state index in [9.17, 15) is 9.59 Å². The number of aryl methyl sites for hydroxylation is 1. The van der Waals surface area contributed by atoms with Gasteiger partial charge in [0.1, 0.15) is 28.7 Å². The number of para-hydroxylation sites is 1. The maximum atomic E-state index is 14.5. The fourth-order valence-electron chi connectivity index (χ4n) is 5.48. The first kappa shape index (κ1) is 25.7. The molecule has 0 spiro atoms. The lowest BCUT2D eigenvalue weighted by Crippen LogP contribution is -2.27. The number of aromatic amines is 1. The Morgan fingerprint density at radius 1 is 0.976 bits per heavy atom. The van der Waals surface area contributed by atoms with Crippen molar-refractivity contribution in [3.63, 3.8) is 0 Å². The van der Waals surface area contributed by atoms with Gasteiger partial charge in [-0.05, 0) is 42.3 Å². The highest BCUT2D eigenvalue weighted by Gasteiger charge is 2.24. The first-order chi connectivity index (χ1) is 20.4. The normalized spacial score (nSPS) is 12.3. The number of rotatable bonds is 5. The van der Waals surface area contributed by atoms with E-state index >= 15 is 0 Å². The molecule has 0 aliphatic rings. The molecule has 10 heteroatoms. The molecule has 0 saturated carbocycles. The maximum Gasteiger partial charge on any atom is 0.263 e. The van der Waals surface area contributed by atoms with Gasteiger partial charge in [0.15, 0.2) is 16.9 Å². The van der Waals surface area contributed by atoms with Crippen molar-refractivity contribution in [2.24, 2.45) is 0 Å². The molecule has 0 bridgehead atoms. The molecular formula is C32H23ClN6O3. The van der Waals surface area contributed by atoms with Crippen LogP contribution in [0.15, 0.2) is 99.3 Å². The zero-order valence-corrected chi connectivity index (χ0v) is 23.3. The van der Waals surface area contributed by atoms with Crippen LogP contribution < -0.4 is 16.3 Å². The number of nitrogens with one attached hydrogen (secondary N) is 2. The van der Waals surface area contributed by atoms with Gasteiger partial charge in [-0.2, -0.15) is 0 Å². The van der Waals surface area contributed by atoms with Crippen molar-refractivity contribution in [2.45, 2.75) is 19.9 Å². The van der Waals surface area contributed by atoms with Crippen molar-refractivity contribution in [3.05, 3.63) is 123 Å². The average molecular weight is 575 g/mol. The molecule has 2 N–H and O–H groups in total. The molecule has 206 valence electrons. The third-order valence-electron chi connectivity index (χ3n) is 7.32. The molecule has 0 unspecified atom stereocenters. The van der Waals surface area contributed by atoms with Crippen LogP contribution in [0.1, 0.15) is 24.6 Å². The van der Waals surface area contributed by atoms with Crippen LogP contribution in [0.2, 0.25) is 5.02 Å². The maximum absolute atomic E-state index is 14.5. The van der Waals surface area contributed by atoms with E-state index in [2.05, 4.69) is 25.3 Å². The number of halogens is 1. The number of benzene rings is 3. The molecule has 42 heavy (non-hydrogen) atoms. The smallest absolute Gasteiger partial charge is 0.263 e. The number of nitrogens with zero attached hydrogens (tertiary/aromatic N) is 4. The van der Waals surface area contributed by atoms with Gasteiger partial charge in [0.2, 0.25) is 0 Å². The molecular weight excluding hydrogens is 552 g/mol. The number of hydrogen-bond acceptors (Lipinski definition) is 7. The molecule has 4 aromatic heterocycles. The van der Waals surface area contributed by atoms with Crippen LogP contribution in [-0.2, 0) is 0 Å². The molecule has 1 atom stereocenters. The highest BCUT2D eigenvalue weighted by atomic mass is 35.5. The summed E-state index contributed by atoms with van der Waals surface area (Å²) < 4.78 is 7.39. The Hall–Kier alpha value is -5.28. The summed E-state index contributed by atoms with van der Waals surface area (Å²) in [6.07, 6.45) is 2.91. The third kappa shape index (κ3) is 4.13. The minimum Gasteiger partial charge on any atom is -0.441 e. The number of oxazole rings is 1. The van der Waals surface area contributed by atoms with Crippen molar-refractivity contribution in [2.75, 3.05) is 5.32 Å². The van der Waals surface area contributed by atoms with E-state index in [1.165, 1.54) is 18.6 Å². The first-order valence-corrected chi connectivity index (χ1v) is 13.7. The molecule has 0 radical (unpaired) electrons. The summed E-state index contributed by atoms with van der Waals surface area (Å²) in [5.41, 5.74) is 4.03. The zero-order chi connectivity index (χ0) is 29.0. The largest absolute Gasteiger partial charge is 0.441 e. The van der Waals surface area contributed by atoms with Gasteiger partial charge in [0.25, 0.3) is 5.56 Å². The minimum atomic E-state index is -0.537. The zero-order valence-electron chi connectivity index (χ0n) is 22.6. The van der Waals surface area contributed by atoms with Crippen molar-refractivity contribution >= 4 is 50.3 Å². The lowest BCUT2D eigenvalue weighted by atomic mass is 9.97. The quantitative estimate of drug-likeness (QED) is 0.239. The molecule has 0 amide bonds. The topological polar surface area (TPSA) is 119 Å². The van der Waals surface area contributed by atoms with E-state index in [4.69, 9.17) is 16.0 Å². The van der Waals surface area contributed by atoms with E-state index in [1.54, 1.807) is 11.5 Å². The highest BCUT2D eigenvalue weighted by molar-refractivity contribution is 6.36. The number of H-pyrrole nitrogens is 1. The van der Waals surface area contributed by atoms with Gasteiger partial charge in [-0.1, -0.05) is 54.1 Å². The number of anilines is 1. The second-order valence-corrected chi connectivity index (χ2v) is 10.4. The second kappa shape index (κ2) is 9.97. The summed E-state index contributed by atoms with van der Waals surface area (Å²) >= 11 is 7.21. The number of pyridine rings is 2. The molecule has 9 nitrogen and oxygen atoms in total. The fraction of sp³-hybridized carbons (Fsp3) is 0.0938. The Morgan fingerprint density at radius 2 is 1.81 bits per heavy atom. The van der Waals surface area contributed by atoms with Gasteiger partial charge in [-0.25, -0.2) is 15.0 Å². The van der Waals surface area contributed by atoms with Crippen molar-refractivity contribution in [3.8, 4) is 16.8 Å². The van der Waals surface area contributed by atoms with Crippen LogP contribution in [0, 0.1) is 6.92 Å². The van der Waals surface area contributed by atoms with Crippen LogP contribution in [0.3, 0.4) is 0 Å². The predicted molar refractivity (Wildman–Crippen MR) is 164 cm³/mol. The molecule has 4 heterocycles. The number of fused-ring (bicyclic) bond motifs is 3. The van der Waals surface area contributed by atoms with Crippen LogP contribution in [0.4, 0.5) is 5.82 Å². The highest BCUT2D eigenvalue weighted by Crippen LogP contribution is 2.37. The summed E-state index contributed by atoms with van der Waals surface area (Å²) in [5, 5.41) is 5.12. The number of aromatic nitrogens is 5. The van der Waals surface area contributed by atoms with Gasteiger partial charge in [0, 0.05) is 30.3 Å². The Labute approximate surface area is 243 Å². The Morgan fingerprint density at radius 3 is 2.64 bits per heavy atom. The molecule has 7 aromatic rings. The minimum absolute atomic E-state index is 0.229. The Kier molecular flexibility index (Phi) is 6.09. The molecule has 0 fully saturated rings. The summed E-state index contributed by atoms with van der Waals surface area (Å²) in [6.45, 7) is 3.67. The second-order valence-electron chi connectivity index (χ2n) is 9.97. The lowest BCUT2D eigenvalue weighted by Gasteiger charge is -2.24. The number of hydrogen-bond donors (Lipinski definition) is 2. The van der Waals surface area contributed by atoms with Gasteiger partial charge in [-0.15, -0.1) is 0 Å². The molecule has 7 rings (SSSR count). The van der Waals surface area contributed by atoms with E-state index in [-0.39, 0.29) is 11.0 Å². The molecule has 0 aliphatic heterocycles. The fourth-order valence-corrected chi connectivity index (χ4v) is 5.88. The van der Waals surface area contributed by atoms with Crippen molar-refractivity contribution in [1.82, 2.24) is 24.5 Å². The van der Waals surface area contributed by atoms with Gasteiger partial charge < -0.3 is 14.7 Å². The SMILES string of the molecule is Cc1nc2ccc(-c3cccc4c(Cl)c([C@H](C)Nc5ncnc6[nH]ccc(=O)c56)n(-c5ccccc5)c(=O)c34)cc2o1. The van der Waals surface area contributed by atoms with Gasteiger partial charge in [0.05, 0.1) is 22.1 Å². The van der Waals surface area contributed by atoms with Crippen molar-refractivity contribution in [1.29, 1.82) is 0 Å². The van der Waals surface area contributed by atoms with Crippen molar-refractivity contribution < 1.29 is 4.42 Å². The van der Waals surface area contributed by atoms with Crippen LogP contribution >= 0.6 is 11.6 Å². The predicted octanol–water partition coefficient (Wildman–Crippen LogP) is 6.57. The van der Waals surface area contributed by atoms with Crippen LogP contribution in [0.25, 0.3) is 49.7 Å². The van der Waals surface area contributed by atoms with Gasteiger partial charge >= 0.3 is 0 Å². The molecule has 3 aromatic carbocycles. The third-order valence-corrected chi connectivity index (χ3v) is 7.71. The standard InChI is InChI=1S/C32H23ClN6O3/c1-17(37-31-27-24(40)13-14-34-30(27)35-16-36-31)29-28(33)22-10-6-9-21(19-11-12-23-25(15-19)42-18(2)38-23)26(22)32(41)39(29)20-7-4-3-5-8-20/h3-17H,1-2H3,(H2,34,35,36,37,40)/t17-/m0/s1. The van der Waals surface area contributed by atoms with Crippen LogP contribution in [-0.4, -0.2) is 24.5 Å². The monoisotopic (exact) mass is 574 g/mol. The average Bonchev–Trinajstić information content (AvgIpc) is 3.38. The van der Waals surface area contributed by atoms with Gasteiger partial charge in [-0.3, -0.25) is 14.2 Å². The Bertz CT molecular complexity index is 2270.